The SMILES string of the molecule is CC(CN=NCC(C)C1=NCCN1)C1=NCCN1.[Cl-].[Cl-]. The van der Waals surface area contributed by atoms with Crippen LogP contribution in [0.4, 0.5) is 0 Å². The number of azo groups is 1. The molecule has 0 spiro atoms. The monoisotopic (exact) mass is 320 g/mol. The summed E-state index contributed by atoms with van der Waals surface area (Å²) in [5.74, 6) is 2.83. The Labute approximate surface area is 132 Å². The van der Waals surface area contributed by atoms with Gasteiger partial charge in [-0.15, -0.1) is 0 Å². The molecular weight excluding hydrogens is 299 g/mol. The van der Waals surface area contributed by atoms with E-state index in [2.05, 4.69) is 44.7 Å². The third-order valence-electron chi connectivity index (χ3n) is 3.14. The second kappa shape index (κ2) is 9.94. The molecule has 2 aliphatic rings. The molecule has 0 aromatic heterocycles. The Balaban J connectivity index is 0.00000180. The van der Waals surface area contributed by atoms with Crippen LogP contribution in [0.25, 0.3) is 0 Å². The van der Waals surface area contributed by atoms with Gasteiger partial charge in [-0.25, -0.2) is 0 Å². The quantitative estimate of drug-likeness (QED) is 0.480. The normalized spacial score (nSPS) is 20.1. The number of nitrogens with zero attached hydrogens (tertiary/aromatic N) is 4. The molecular formula is C12H22Cl2N6-2. The highest BCUT2D eigenvalue weighted by Crippen LogP contribution is 2.04. The molecule has 20 heavy (non-hydrogen) atoms. The number of rotatable bonds is 6. The smallest absolute Gasteiger partial charge is 0.101 e. The summed E-state index contributed by atoms with van der Waals surface area (Å²) in [6, 6.07) is 0. The van der Waals surface area contributed by atoms with Gasteiger partial charge in [0.1, 0.15) is 11.7 Å². The van der Waals surface area contributed by atoms with Crippen molar-refractivity contribution in [1.82, 2.24) is 10.6 Å². The van der Waals surface area contributed by atoms with E-state index < -0.39 is 0 Å². The van der Waals surface area contributed by atoms with Gasteiger partial charge in [0, 0.05) is 24.9 Å². The number of aliphatic imine (C=N–C) groups is 2. The van der Waals surface area contributed by atoms with Gasteiger partial charge in [0.25, 0.3) is 0 Å². The Morgan fingerprint density at radius 3 is 1.60 bits per heavy atom. The van der Waals surface area contributed by atoms with Gasteiger partial charge in [-0.2, -0.15) is 10.2 Å². The van der Waals surface area contributed by atoms with Crippen molar-refractivity contribution in [2.45, 2.75) is 13.8 Å². The summed E-state index contributed by atoms with van der Waals surface area (Å²) in [7, 11) is 0. The molecule has 0 aromatic carbocycles. The molecule has 0 radical (unpaired) electrons. The first-order valence-electron chi connectivity index (χ1n) is 6.67. The summed E-state index contributed by atoms with van der Waals surface area (Å²) >= 11 is 0. The molecule has 0 aromatic rings. The van der Waals surface area contributed by atoms with Gasteiger partial charge in [0.2, 0.25) is 0 Å². The molecule has 2 heterocycles. The van der Waals surface area contributed by atoms with Gasteiger partial charge < -0.3 is 35.4 Å². The zero-order valence-electron chi connectivity index (χ0n) is 11.9. The number of nitrogens with one attached hydrogen (secondary N) is 2. The summed E-state index contributed by atoms with van der Waals surface area (Å²) in [5.41, 5.74) is 0. The van der Waals surface area contributed by atoms with Crippen LogP contribution in [-0.4, -0.2) is 50.9 Å². The summed E-state index contributed by atoms with van der Waals surface area (Å²) in [6.07, 6.45) is 0. The fourth-order valence-corrected chi connectivity index (χ4v) is 2.03. The third-order valence-corrected chi connectivity index (χ3v) is 3.14. The molecule has 2 unspecified atom stereocenters. The highest BCUT2D eigenvalue weighted by molar-refractivity contribution is 5.86. The van der Waals surface area contributed by atoms with Crippen LogP contribution < -0.4 is 35.4 Å². The molecule has 0 bridgehead atoms. The molecule has 2 rings (SSSR count). The first kappa shape index (κ1) is 19.1. The van der Waals surface area contributed by atoms with Gasteiger partial charge in [-0.3, -0.25) is 9.98 Å². The lowest BCUT2D eigenvalue weighted by Gasteiger charge is -2.09. The minimum absolute atomic E-state index is 0. The molecule has 2 N–H and O–H groups in total. The van der Waals surface area contributed by atoms with Crippen molar-refractivity contribution in [2.75, 3.05) is 39.3 Å². The van der Waals surface area contributed by atoms with Crippen LogP contribution in [-0.2, 0) is 0 Å². The Morgan fingerprint density at radius 1 is 0.900 bits per heavy atom. The summed E-state index contributed by atoms with van der Waals surface area (Å²) in [6.45, 7) is 9.36. The van der Waals surface area contributed by atoms with Crippen LogP contribution in [0, 0.1) is 11.8 Å². The lowest BCUT2D eigenvalue weighted by molar-refractivity contribution is -0.00100. The van der Waals surface area contributed by atoms with E-state index in [4.69, 9.17) is 0 Å². The highest BCUT2D eigenvalue weighted by atomic mass is 35.5. The standard InChI is InChI=1S/C12H22N6.2ClH/c1-9(11-13-3-4-14-11)7-17-18-8-10(2)12-15-5-6-16-12;;/h9-10H,3-8H2,1-2H3,(H,13,14)(H,15,16);2*1H/p-2. The van der Waals surface area contributed by atoms with E-state index in [9.17, 15) is 0 Å². The van der Waals surface area contributed by atoms with Crippen LogP contribution in [0.3, 0.4) is 0 Å². The first-order valence-corrected chi connectivity index (χ1v) is 6.67. The average Bonchev–Trinajstić information content (AvgIpc) is 3.05. The molecule has 0 aliphatic carbocycles. The predicted molar refractivity (Wildman–Crippen MR) is 73.5 cm³/mol. The third kappa shape index (κ3) is 5.63. The van der Waals surface area contributed by atoms with Crippen LogP contribution in [0.1, 0.15) is 13.8 Å². The Morgan fingerprint density at radius 2 is 1.30 bits per heavy atom. The van der Waals surface area contributed by atoms with E-state index in [1.165, 1.54) is 0 Å². The van der Waals surface area contributed by atoms with E-state index >= 15 is 0 Å². The second-order valence-electron chi connectivity index (χ2n) is 4.84. The van der Waals surface area contributed by atoms with Crippen LogP contribution in [0.15, 0.2) is 20.2 Å². The van der Waals surface area contributed by atoms with Crippen LogP contribution in [0.5, 0.6) is 0 Å². The van der Waals surface area contributed by atoms with Gasteiger partial charge in [-0.1, -0.05) is 13.8 Å². The van der Waals surface area contributed by atoms with Crippen molar-refractivity contribution in [3.05, 3.63) is 0 Å². The fourth-order valence-electron chi connectivity index (χ4n) is 2.03. The molecule has 2 aliphatic heterocycles. The lowest BCUT2D eigenvalue weighted by Crippen LogP contribution is -3.00. The maximum absolute atomic E-state index is 4.39. The zero-order chi connectivity index (χ0) is 12.8. The molecule has 0 saturated heterocycles. The predicted octanol–water partition coefficient (Wildman–Crippen LogP) is -5.28. The van der Waals surface area contributed by atoms with Crippen molar-refractivity contribution in [1.29, 1.82) is 0 Å². The maximum Gasteiger partial charge on any atom is 0.101 e. The van der Waals surface area contributed by atoms with E-state index in [1.54, 1.807) is 0 Å². The highest BCUT2D eigenvalue weighted by Gasteiger charge is 2.14. The average molecular weight is 321 g/mol. The van der Waals surface area contributed by atoms with Crippen LogP contribution >= 0.6 is 0 Å². The number of amidine groups is 2. The Bertz CT molecular complexity index is 335. The minimum Gasteiger partial charge on any atom is -1.00 e. The lowest BCUT2D eigenvalue weighted by atomic mass is 10.1. The van der Waals surface area contributed by atoms with Crippen molar-refractivity contribution >= 4 is 11.7 Å². The molecule has 0 saturated carbocycles. The largest absolute Gasteiger partial charge is 1.00 e. The van der Waals surface area contributed by atoms with Crippen molar-refractivity contribution in [3.63, 3.8) is 0 Å². The summed E-state index contributed by atoms with van der Waals surface area (Å²) in [5, 5.41) is 15.0. The second-order valence-corrected chi connectivity index (χ2v) is 4.84. The molecule has 8 heteroatoms. The summed E-state index contributed by atoms with van der Waals surface area (Å²) < 4.78 is 0. The van der Waals surface area contributed by atoms with Gasteiger partial charge in [0.05, 0.1) is 26.2 Å². The van der Waals surface area contributed by atoms with E-state index in [0.29, 0.717) is 24.9 Å². The molecule has 2 atom stereocenters. The van der Waals surface area contributed by atoms with E-state index in [1.807, 2.05) is 0 Å². The van der Waals surface area contributed by atoms with Crippen molar-refractivity contribution in [2.24, 2.45) is 32.0 Å². The molecule has 116 valence electrons. The van der Waals surface area contributed by atoms with Gasteiger partial charge >= 0.3 is 0 Å². The first-order chi connectivity index (χ1) is 8.77. The van der Waals surface area contributed by atoms with Crippen molar-refractivity contribution in [3.8, 4) is 0 Å². The molecule has 0 fully saturated rings. The van der Waals surface area contributed by atoms with Crippen molar-refractivity contribution < 1.29 is 24.8 Å². The Kier molecular flexibility index (Phi) is 9.50. The number of hydrogen-bond acceptors (Lipinski definition) is 6. The van der Waals surface area contributed by atoms with E-state index in [-0.39, 0.29) is 24.8 Å². The number of halogens is 2. The van der Waals surface area contributed by atoms with Gasteiger partial charge in [0.15, 0.2) is 0 Å². The molecule has 0 amide bonds. The number of hydrogen-bond donors (Lipinski definition) is 2. The fraction of sp³-hybridized carbons (Fsp3) is 0.833. The summed E-state index contributed by atoms with van der Waals surface area (Å²) in [4.78, 5) is 8.77. The molecule has 6 nitrogen and oxygen atoms in total. The zero-order valence-corrected chi connectivity index (χ0v) is 13.5. The van der Waals surface area contributed by atoms with E-state index in [0.717, 1.165) is 37.9 Å². The Hall–Kier alpha value is -0.880. The van der Waals surface area contributed by atoms with Crippen LogP contribution in [0.2, 0.25) is 0 Å². The minimum atomic E-state index is 0. The topological polar surface area (TPSA) is 73.5 Å². The maximum atomic E-state index is 4.39. The van der Waals surface area contributed by atoms with Gasteiger partial charge in [-0.05, 0) is 0 Å².